The summed E-state index contributed by atoms with van der Waals surface area (Å²) in [5, 5.41) is 10.7. The van der Waals surface area contributed by atoms with Crippen LogP contribution in [0.25, 0.3) is 0 Å². The summed E-state index contributed by atoms with van der Waals surface area (Å²) in [5.74, 6) is 1.17. The number of hydrogen-bond acceptors (Lipinski definition) is 5. The summed E-state index contributed by atoms with van der Waals surface area (Å²) >= 11 is 0. The number of hydrogen-bond donors (Lipinski definition) is 2. The van der Waals surface area contributed by atoms with E-state index in [0.29, 0.717) is 18.1 Å². The predicted molar refractivity (Wildman–Crippen MR) is 150 cm³/mol. The molecule has 7 nitrogen and oxygen atoms in total. The number of carbonyl (C=O) groups excluding carboxylic acids is 1. The maximum Gasteiger partial charge on any atom is 0.255 e. The first kappa shape index (κ1) is 25.3. The van der Waals surface area contributed by atoms with Crippen LogP contribution in [0, 0.1) is 6.92 Å². The van der Waals surface area contributed by atoms with Crippen molar-refractivity contribution >= 4 is 17.5 Å². The summed E-state index contributed by atoms with van der Waals surface area (Å²) in [4.78, 5) is 17.9. The minimum atomic E-state index is -0.434. The number of aryl methyl sites for hydroxylation is 1. The van der Waals surface area contributed by atoms with Crippen LogP contribution in [0.2, 0.25) is 0 Å². The third-order valence-electron chi connectivity index (χ3n) is 6.85. The van der Waals surface area contributed by atoms with Crippen molar-refractivity contribution in [1.82, 2.24) is 14.8 Å². The number of anilines is 2. The Balaban J connectivity index is 1.36. The molecule has 0 radical (unpaired) electrons. The highest BCUT2D eigenvalue weighted by molar-refractivity contribution is 6.06. The number of rotatable bonds is 6. The van der Waals surface area contributed by atoms with Gasteiger partial charge in [-0.1, -0.05) is 75.4 Å². The van der Waals surface area contributed by atoms with Crippen LogP contribution in [0.1, 0.15) is 56.0 Å². The largest absolute Gasteiger partial charge is 0.489 e. The van der Waals surface area contributed by atoms with Gasteiger partial charge >= 0.3 is 0 Å². The third-order valence-corrected chi connectivity index (χ3v) is 6.85. The van der Waals surface area contributed by atoms with E-state index in [2.05, 4.69) is 65.8 Å². The van der Waals surface area contributed by atoms with Gasteiger partial charge in [0.05, 0.1) is 5.57 Å². The number of aromatic nitrogens is 3. The second kappa shape index (κ2) is 10.2. The van der Waals surface area contributed by atoms with E-state index in [1.807, 2.05) is 62.4 Å². The molecule has 0 bridgehead atoms. The van der Waals surface area contributed by atoms with Gasteiger partial charge in [-0.15, -0.1) is 0 Å². The van der Waals surface area contributed by atoms with Crippen LogP contribution in [-0.4, -0.2) is 20.7 Å². The molecule has 4 aromatic rings. The van der Waals surface area contributed by atoms with Crippen molar-refractivity contribution in [2.75, 3.05) is 10.6 Å². The molecule has 3 aromatic carbocycles. The Morgan fingerprint density at radius 2 is 1.71 bits per heavy atom. The fourth-order valence-corrected chi connectivity index (χ4v) is 4.61. The predicted octanol–water partition coefficient (Wildman–Crippen LogP) is 6.39. The van der Waals surface area contributed by atoms with Crippen molar-refractivity contribution in [1.29, 1.82) is 0 Å². The minimum Gasteiger partial charge on any atom is -0.489 e. The van der Waals surface area contributed by atoms with Crippen molar-refractivity contribution in [2.45, 2.75) is 52.7 Å². The lowest BCUT2D eigenvalue weighted by molar-refractivity contribution is -0.113. The summed E-state index contributed by atoms with van der Waals surface area (Å²) in [5.41, 5.74) is 6.53. The molecule has 2 heterocycles. The van der Waals surface area contributed by atoms with Gasteiger partial charge in [0.15, 0.2) is 0 Å². The number of fused-ring (bicyclic) bond motifs is 1. The molecule has 7 heteroatoms. The zero-order valence-electron chi connectivity index (χ0n) is 22.4. The number of allylic oxidation sites excluding steroid dienone is 1. The molecule has 0 saturated carbocycles. The van der Waals surface area contributed by atoms with Gasteiger partial charge < -0.3 is 15.4 Å². The average Bonchev–Trinajstić information content (AvgIpc) is 3.36. The number of ether oxygens (including phenoxy) is 1. The Morgan fingerprint density at radius 1 is 1.00 bits per heavy atom. The van der Waals surface area contributed by atoms with E-state index in [9.17, 15) is 4.79 Å². The first-order chi connectivity index (χ1) is 18.2. The van der Waals surface area contributed by atoms with E-state index in [0.717, 1.165) is 33.8 Å². The molecule has 1 aliphatic rings. The molecule has 1 aromatic heterocycles. The van der Waals surface area contributed by atoms with Gasteiger partial charge in [-0.25, -0.2) is 4.68 Å². The molecule has 1 atom stereocenters. The molecule has 38 heavy (non-hydrogen) atoms. The average molecular weight is 508 g/mol. The highest BCUT2D eigenvalue weighted by Gasteiger charge is 2.33. The Kier molecular flexibility index (Phi) is 6.76. The summed E-state index contributed by atoms with van der Waals surface area (Å²) in [6, 6.07) is 23.7. The molecule has 5 rings (SSSR count). The summed E-state index contributed by atoms with van der Waals surface area (Å²) in [6.07, 6.45) is 1.49. The smallest absolute Gasteiger partial charge is 0.255 e. The fraction of sp³-hybridized carbons (Fsp3) is 0.258. The Morgan fingerprint density at radius 3 is 2.39 bits per heavy atom. The molecule has 194 valence electrons. The lowest BCUT2D eigenvalue weighted by Gasteiger charge is -2.29. The van der Waals surface area contributed by atoms with Crippen molar-refractivity contribution in [3.8, 4) is 5.75 Å². The highest BCUT2D eigenvalue weighted by Crippen LogP contribution is 2.36. The van der Waals surface area contributed by atoms with Crippen LogP contribution < -0.4 is 15.4 Å². The van der Waals surface area contributed by atoms with E-state index in [-0.39, 0.29) is 11.3 Å². The molecule has 2 N–H and O–H groups in total. The van der Waals surface area contributed by atoms with Gasteiger partial charge in [0.25, 0.3) is 5.91 Å². The zero-order valence-corrected chi connectivity index (χ0v) is 22.4. The third kappa shape index (κ3) is 5.18. The first-order valence-corrected chi connectivity index (χ1v) is 12.8. The maximum atomic E-state index is 13.6. The van der Waals surface area contributed by atoms with Crippen LogP contribution in [0.4, 0.5) is 11.6 Å². The van der Waals surface area contributed by atoms with E-state index in [4.69, 9.17) is 4.74 Å². The van der Waals surface area contributed by atoms with E-state index >= 15 is 0 Å². The van der Waals surface area contributed by atoms with E-state index in [1.165, 1.54) is 11.9 Å². The van der Waals surface area contributed by atoms with Gasteiger partial charge in [-0.05, 0) is 59.7 Å². The van der Waals surface area contributed by atoms with Crippen molar-refractivity contribution < 1.29 is 9.53 Å². The van der Waals surface area contributed by atoms with Crippen LogP contribution in [0.15, 0.2) is 90.4 Å². The molecule has 0 spiro atoms. The highest BCUT2D eigenvalue weighted by atomic mass is 16.5. The second-order valence-electron chi connectivity index (χ2n) is 10.7. The lowest BCUT2D eigenvalue weighted by Crippen LogP contribution is -2.31. The van der Waals surface area contributed by atoms with Gasteiger partial charge in [0.2, 0.25) is 5.95 Å². The van der Waals surface area contributed by atoms with Crippen molar-refractivity contribution in [2.24, 2.45) is 0 Å². The topological polar surface area (TPSA) is 81.1 Å². The monoisotopic (exact) mass is 507 g/mol. The molecule has 1 aliphatic heterocycles. The van der Waals surface area contributed by atoms with Crippen molar-refractivity contribution in [3.63, 3.8) is 0 Å². The van der Waals surface area contributed by atoms with E-state index < -0.39 is 6.04 Å². The fourth-order valence-electron chi connectivity index (χ4n) is 4.61. The Bertz CT molecular complexity index is 1480. The van der Waals surface area contributed by atoms with Crippen LogP contribution in [0.3, 0.4) is 0 Å². The summed E-state index contributed by atoms with van der Waals surface area (Å²) < 4.78 is 7.81. The van der Waals surface area contributed by atoms with E-state index in [1.54, 1.807) is 4.68 Å². The molecule has 0 saturated heterocycles. The molecule has 0 aliphatic carbocycles. The van der Waals surface area contributed by atoms with Gasteiger partial charge in [0.1, 0.15) is 24.7 Å². The standard InChI is InChI=1S/C31H33N5O2/c1-20-8-6-7-9-26(20)35-29(37)27-21(2)34-30-32-19-33-36(30)28(27)23-12-16-25(17-13-23)38-18-22-10-14-24(15-11-22)31(3,4)5/h6-17,19,28H,18H2,1-5H3,(H,35,37)(H,32,33,34). The quantitative estimate of drug-likeness (QED) is 0.316. The number of carbonyl (C=O) groups is 1. The number of nitrogens with one attached hydrogen (secondary N) is 2. The lowest BCUT2D eigenvalue weighted by atomic mass is 9.87. The molecular formula is C31H33N5O2. The number of para-hydroxylation sites is 1. The zero-order chi connectivity index (χ0) is 26.9. The number of amides is 1. The second-order valence-corrected chi connectivity index (χ2v) is 10.7. The van der Waals surface area contributed by atoms with Gasteiger partial charge in [-0.3, -0.25) is 4.79 Å². The van der Waals surface area contributed by atoms with Gasteiger partial charge in [-0.2, -0.15) is 10.1 Å². The number of nitrogens with zero attached hydrogens (tertiary/aromatic N) is 3. The summed E-state index contributed by atoms with van der Waals surface area (Å²) in [6.45, 7) is 11.0. The van der Waals surface area contributed by atoms with Gasteiger partial charge in [0, 0.05) is 11.4 Å². The normalized spacial score (nSPS) is 15.0. The van der Waals surface area contributed by atoms with Crippen LogP contribution in [0.5, 0.6) is 5.75 Å². The molecule has 1 amide bonds. The molecule has 1 unspecified atom stereocenters. The molecular weight excluding hydrogens is 474 g/mol. The minimum absolute atomic E-state index is 0.121. The van der Waals surface area contributed by atoms with Crippen LogP contribution >= 0.6 is 0 Å². The Hall–Kier alpha value is -4.39. The molecule has 0 fully saturated rings. The van der Waals surface area contributed by atoms with Crippen LogP contribution in [-0.2, 0) is 16.8 Å². The van der Waals surface area contributed by atoms with Crippen molar-refractivity contribution in [3.05, 3.63) is 113 Å². The summed E-state index contributed by atoms with van der Waals surface area (Å²) in [7, 11) is 0. The maximum absolute atomic E-state index is 13.6. The SMILES string of the molecule is CC1=C(C(=O)Nc2ccccc2C)C(c2ccc(OCc3ccc(C(C)(C)C)cc3)cc2)n2ncnc2N1. The first-order valence-electron chi connectivity index (χ1n) is 12.8. The Labute approximate surface area is 223 Å². The number of benzene rings is 3.